The summed E-state index contributed by atoms with van der Waals surface area (Å²) in [5.74, 6) is 0. The lowest BCUT2D eigenvalue weighted by atomic mass is 9.91. The zero-order chi connectivity index (χ0) is 19.3. The lowest BCUT2D eigenvalue weighted by Crippen LogP contribution is -2.22. The Labute approximate surface area is 162 Å². The van der Waals surface area contributed by atoms with Crippen LogP contribution in [-0.2, 0) is 14.2 Å². The first kappa shape index (κ1) is 18.7. The molecule has 4 unspecified atom stereocenters. The molecule has 4 rings (SSSR count). The number of epoxide rings is 2. The van der Waals surface area contributed by atoms with Gasteiger partial charge in [-0.05, 0) is 74.9 Å². The molecule has 0 N–H and O–H groups in total. The molecule has 2 aromatic rings. The smallest absolute Gasteiger partial charge is 0.112 e. The van der Waals surface area contributed by atoms with Crippen LogP contribution in [0.5, 0.6) is 0 Å². The van der Waals surface area contributed by atoms with Crippen LogP contribution in [0.25, 0.3) is 0 Å². The van der Waals surface area contributed by atoms with Crippen LogP contribution in [0.2, 0.25) is 0 Å². The van der Waals surface area contributed by atoms with Crippen LogP contribution >= 0.6 is 0 Å². The second-order valence-electron chi connectivity index (χ2n) is 8.35. The Bertz CT molecular complexity index is 744. The van der Waals surface area contributed by atoms with E-state index >= 15 is 0 Å². The van der Waals surface area contributed by atoms with Crippen molar-refractivity contribution in [1.29, 1.82) is 0 Å². The van der Waals surface area contributed by atoms with Gasteiger partial charge in [0, 0.05) is 0 Å². The number of benzene rings is 2. The molecule has 2 aliphatic rings. The van der Waals surface area contributed by atoms with E-state index in [2.05, 4.69) is 65.8 Å². The van der Waals surface area contributed by atoms with Gasteiger partial charge >= 0.3 is 0 Å². The third-order valence-electron chi connectivity index (χ3n) is 5.73. The van der Waals surface area contributed by atoms with E-state index < -0.39 is 0 Å². The SMILES string of the molecule is Cc1cc(C)c(C(OC(c2c(C)cc(C)cc2C)C2CO2)C2CO2)c(C)c1. The van der Waals surface area contributed by atoms with Crippen LogP contribution < -0.4 is 0 Å². The maximum absolute atomic E-state index is 6.82. The molecule has 0 spiro atoms. The van der Waals surface area contributed by atoms with Crippen molar-refractivity contribution >= 4 is 0 Å². The molecule has 0 amide bonds. The third-order valence-corrected chi connectivity index (χ3v) is 5.73. The van der Waals surface area contributed by atoms with Gasteiger partial charge in [-0.1, -0.05) is 35.4 Å². The Kier molecular flexibility index (Phi) is 4.87. The maximum Gasteiger partial charge on any atom is 0.112 e. The number of hydrogen-bond donors (Lipinski definition) is 0. The summed E-state index contributed by atoms with van der Waals surface area (Å²) in [5, 5.41) is 0. The van der Waals surface area contributed by atoms with E-state index in [1.165, 1.54) is 44.5 Å². The van der Waals surface area contributed by atoms with E-state index in [9.17, 15) is 0 Å². The number of ether oxygens (including phenoxy) is 3. The molecule has 2 fully saturated rings. The molecule has 0 aliphatic carbocycles. The highest BCUT2D eigenvalue weighted by Crippen LogP contribution is 2.43. The van der Waals surface area contributed by atoms with Gasteiger partial charge in [0.05, 0.1) is 13.2 Å². The summed E-state index contributed by atoms with van der Waals surface area (Å²) in [6.07, 6.45) is 0.162. The van der Waals surface area contributed by atoms with E-state index in [1.807, 2.05) is 0 Å². The summed E-state index contributed by atoms with van der Waals surface area (Å²) in [5.41, 5.74) is 10.2. The van der Waals surface area contributed by atoms with Crippen molar-refractivity contribution in [2.45, 2.75) is 66.0 Å². The zero-order valence-corrected chi connectivity index (χ0v) is 17.3. The molecular formula is C24H30O3. The second-order valence-corrected chi connectivity index (χ2v) is 8.35. The lowest BCUT2D eigenvalue weighted by molar-refractivity contribution is -0.0430. The summed E-state index contributed by atoms with van der Waals surface area (Å²) < 4.78 is 18.3. The van der Waals surface area contributed by atoms with Crippen molar-refractivity contribution in [3.63, 3.8) is 0 Å². The summed E-state index contributed by atoms with van der Waals surface area (Å²) in [6.45, 7) is 14.5. The quantitative estimate of drug-likeness (QED) is 0.664. The summed E-state index contributed by atoms with van der Waals surface area (Å²) in [7, 11) is 0. The Morgan fingerprint density at radius 3 is 1.22 bits per heavy atom. The van der Waals surface area contributed by atoms with Gasteiger partial charge in [-0.15, -0.1) is 0 Å². The second kappa shape index (κ2) is 7.05. The molecule has 2 aromatic carbocycles. The lowest BCUT2D eigenvalue weighted by Gasteiger charge is -2.28. The van der Waals surface area contributed by atoms with Crippen molar-refractivity contribution in [3.05, 3.63) is 68.8 Å². The largest absolute Gasteiger partial charge is 0.370 e. The fourth-order valence-electron chi connectivity index (χ4n) is 4.58. The molecule has 27 heavy (non-hydrogen) atoms. The van der Waals surface area contributed by atoms with Crippen LogP contribution in [0.1, 0.15) is 56.7 Å². The highest BCUT2D eigenvalue weighted by molar-refractivity contribution is 5.42. The summed E-state index contributed by atoms with van der Waals surface area (Å²) in [4.78, 5) is 0. The first-order chi connectivity index (χ1) is 12.8. The molecule has 2 aliphatic heterocycles. The van der Waals surface area contributed by atoms with E-state index in [4.69, 9.17) is 14.2 Å². The zero-order valence-electron chi connectivity index (χ0n) is 17.3. The molecule has 144 valence electrons. The van der Waals surface area contributed by atoms with Crippen molar-refractivity contribution in [3.8, 4) is 0 Å². The van der Waals surface area contributed by atoms with Gasteiger partial charge in [-0.25, -0.2) is 0 Å². The Morgan fingerprint density at radius 2 is 0.963 bits per heavy atom. The molecule has 0 bridgehead atoms. The van der Waals surface area contributed by atoms with Gasteiger partial charge in [0.15, 0.2) is 0 Å². The van der Waals surface area contributed by atoms with Gasteiger partial charge in [0.25, 0.3) is 0 Å². The minimum Gasteiger partial charge on any atom is -0.370 e. The van der Waals surface area contributed by atoms with Crippen molar-refractivity contribution in [2.24, 2.45) is 0 Å². The fraction of sp³-hybridized carbons (Fsp3) is 0.500. The van der Waals surface area contributed by atoms with Gasteiger partial charge in [-0.2, -0.15) is 0 Å². The van der Waals surface area contributed by atoms with Crippen molar-refractivity contribution in [2.75, 3.05) is 13.2 Å². The molecule has 3 nitrogen and oxygen atoms in total. The topological polar surface area (TPSA) is 34.3 Å². The summed E-state index contributed by atoms with van der Waals surface area (Å²) in [6, 6.07) is 8.97. The molecular weight excluding hydrogens is 336 g/mol. The first-order valence-electron chi connectivity index (χ1n) is 9.89. The molecule has 2 saturated heterocycles. The molecule has 2 heterocycles. The van der Waals surface area contributed by atoms with Gasteiger partial charge < -0.3 is 14.2 Å². The average Bonchev–Trinajstić information content (AvgIpc) is 3.44. The first-order valence-corrected chi connectivity index (χ1v) is 9.89. The molecule has 3 heteroatoms. The molecule has 0 aromatic heterocycles. The van der Waals surface area contributed by atoms with Crippen LogP contribution in [0.3, 0.4) is 0 Å². The Hall–Kier alpha value is -1.68. The Balaban J connectivity index is 1.73. The molecule has 0 saturated carbocycles. The minimum atomic E-state index is -0.0556. The monoisotopic (exact) mass is 366 g/mol. The predicted molar refractivity (Wildman–Crippen MR) is 107 cm³/mol. The standard InChI is InChI=1S/C24H30O3/c1-13-7-15(3)21(16(4)8-13)23(19-11-25-19)27-24(20-12-26-20)22-17(5)9-14(2)10-18(22)6/h7-10,19-20,23-24H,11-12H2,1-6H3. The summed E-state index contributed by atoms with van der Waals surface area (Å²) >= 11 is 0. The number of hydrogen-bond acceptors (Lipinski definition) is 3. The molecule has 0 radical (unpaired) electrons. The van der Waals surface area contributed by atoms with Gasteiger partial charge in [0.2, 0.25) is 0 Å². The molecule has 4 atom stereocenters. The van der Waals surface area contributed by atoms with Crippen LogP contribution in [0.15, 0.2) is 24.3 Å². The number of rotatable bonds is 6. The maximum atomic E-state index is 6.82. The van der Waals surface area contributed by atoms with E-state index in [0.717, 1.165) is 13.2 Å². The third kappa shape index (κ3) is 3.82. The van der Waals surface area contributed by atoms with Gasteiger partial charge in [0.1, 0.15) is 24.4 Å². The predicted octanol–water partition coefficient (Wildman–Crippen LogP) is 5.13. The minimum absolute atomic E-state index is 0.0556. The van der Waals surface area contributed by atoms with Crippen molar-refractivity contribution in [1.82, 2.24) is 0 Å². The normalized spacial score (nSPS) is 23.2. The van der Waals surface area contributed by atoms with E-state index in [0.29, 0.717) is 0 Å². The van der Waals surface area contributed by atoms with E-state index in [-0.39, 0.29) is 24.4 Å². The fourth-order valence-corrected chi connectivity index (χ4v) is 4.58. The van der Waals surface area contributed by atoms with Gasteiger partial charge in [-0.3, -0.25) is 0 Å². The van der Waals surface area contributed by atoms with E-state index in [1.54, 1.807) is 0 Å². The Morgan fingerprint density at radius 1 is 0.667 bits per heavy atom. The van der Waals surface area contributed by atoms with Crippen LogP contribution in [0, 0.1) is 41.5 Å². The highest BCUT2D eigenvalue weighted by Gasteiger charge is 2.43. The van der Waals surface area contributed by atoms with Crippen LogP contribution in [-0.4, -0.2) is 25.4 Å². The van der Waals surface area contributed by atoms with Crippen LogP contribution in [0.4, 0.5) is 0 Å². The highest BCUT2D eigenvalue weighted by atomic mass is 16.6. The average molecular weight is 367 g/mol. The number of aryl methyl sites for hydroxylation is 6. The van der Waals surface area contributed by atoms with Crippen molar-refractivity contribution < 1.29 is 14.2 Å².